The molecule has 4 rings (SSSR count). The number of hydrogen-bond donors (Lipinski definition) is 1. The Hall–Kier alpha value is -4.14. The van der Waals surface area contributed by atoms with E-state index in [1.165, 1.54) is 30.1 Å². The molecule has 0 aromatic heterocycles. The molecule has 2 amide bonds. The predicted molar refractivity (Wildman–Crippen MR) is 157 cm³/mol. The maximum atomic E-state index is 14.2. The van der Waals surface area contributed by atoms with E-state index >= 15 is 0 Å². The van der Waals surface area contributed by atoms with Crippen molar-refractivity contribution < 1.29 is 18.0 Å². The van der Waals surface area contributed by atoms with Crippen LogP contribution in [0.2, 0.25) is 5.02 Å². The first-order valence-corrected chi connectivity index (χ1v) is 14.5. The first kappa shape index (κ1) is 28.9. The summed E-state index contributed by atoms with van der Waals surface area (Å²) in [5.74, 6) is -0.888. The summed E-state index contributed by atoms with van der Waals surface area (Å²) in [6.45, 7) is -0.425. The monoisotopic (exact) mass is 575 g/mol. The lowest BCUT2D eigenvalue weighted by Crippen LogP contribution is -2.53. The van der Waals surface area contributed by atoms with Crippen molar-refractivity contribution in [1.82, 2.24) is 10.2 Å². The summed E-state index contributed by atoms with van der Waals surface area (Å²) in [4.78, 5) is 28.8. The summed E-state index contributed by atoms with van der Waals surface area (Å²) in [7, 11) is -2.64. The number of carbonyl (C=O) groups excluding carboxylic acids is 2. The molecule has 7 nitrogen and oxygen atoms in total. The van der Waals surface area contributed by atoms with E-state index in [4.69, 9.17) is 11.6 Å². The van der Waals surface area contributed by atoms with Crippen LogP contribution in [-0.2, 0) is 32.6 Å². The Morgan fingerprint density at radius 3 is 1.95 bits per heavy atom. The van der Waals surface area contributed by atoms with Gasteiger partial charge >= 0.3 is 0 Å². The predicted octanol–water partition coefficient (Wildman–Crippen LogP) is 4.92. The summed E-state index contributed by atoms with van der Waals surface area (Å²) in [5, 5.41) is 3.00. The van der Waals surface area contributed by atoms with Crippen LogP contribution in [0.25, 0.3) is 0 Å². The smallest absolute Gasteiger partial charge is 0.264 e. The van der Waals surface area contributed by atoms with Gasteiger partial charge in [0.2, 0.25) is 11.8 Å². The van der Waals surface area contributed by atoms with Crippen LogP contribution in [0.5, 0.6) is 0 Å². The SMILES string of the molecule is CNC(=O)[C@@H](Cc1ccccc1)N(Cc1ccccc1)C(=O)CN(c1cccc(Cl)c1)S(=O)(=O)c1ccccc1. The number of likely N-dealkylation sites (N-methyl/N-ethyl adjacent to an activating group) is 1. The van der Waals surface area contributed by atoms with E-state index in [-0.39, 0.29) is 29.5 Å². The van der Waals surface area contributed by atoms with E-state index in [2.05, 4.69) is 5.32 Å². The molecule has 0 saturated heterocycles. The Labute approximate surface area is 240 Å². The molecule has 0 spiro atoms. The van der Waals surface area contributed by atoms with Gasteiger partial charge in [-0.3, -0.25) is 13.9 Å². The van der Waals surface area contributed by atoms with Crippen LogP contribution in [0.3, 0.4) is 0 Å². The molecule has 0 aliphatic rings. The number of sulfonamides is 1. The molecule has 4 aromatic carbocycles. The molecule has 0 saturated carbocycles. The average Bonchev–Trinajstić information content (AvgIpc) is 2.98. The molecule has 0 unspecified atom stereocenters. The molecule has 0 heterocycles. The number of benzene rings is 4. The van der Waals surface area contributed by atoms with E-state index in [1.54, 1.807) is 36.4 Å². The second kappa shape index (κ2) is 13.3. The van der Waals surface area contributed by atoms with E-state index < -0.39 is 28.5 Å². The number of anilines is 1. The number of nitrogens with one attached hydrogen (secondary N) is 1. The zero-order valence-corrected chi connectivity index (χ0v) is 23.6. The summed E-state index contributed by atoms with van der Waals surface area (Å²) in [5.41, 5.74) is 1.91. The Balaban J connectivity index is 1.77. The molecule has 9 heteroatoms. The maximum Gasteiger partial charge on any atom is 0.264 e. The molecular formula is C31H30ClN3O4S. The second-order valence-electron chi connectivity index (χ2n) is 9.13. The lowest BCUT2D eigenvalue weighted by Gasteiger charge is -2.33. The molecule has 0 aliphatic heterocycles. The zero-order valence-electron chi connectivity index (χ0n) is 22.0. The van der Waals surface area contributed by atoms with Crippen LogP contribution in [0.15, 0.2) is 120 Å². The minimum atomic E-state index is -4.16. The van der Waals surface area contributed by atoms with Gasteiger partial charge in [0.1, 0.15) is 12.6 Å². The minimum Gasteiger partial charge on any atom is -0.357 e. The Morgan fingerprint density at radius 1 is 0.800 bits per heavy atom. The van der Waals surface area contributed by atoms with Crippen molar-refractivity contribution >= 4 is 39.1 Å². The largest absolute Gasteiger partial charge is 0.357 e. The Morgan fingerprint density at radius 2 is 1.38 bits per heavy atom. The fraction of sp³-hybridized carbons (Fsp3) is 0.161. The minimum absolute atomic E-state index is 0.0320. The van der Waals surface area contributed by atoms with E-state index in [1.807, 2.05) is 60.7 Å². The second-order valence-corrected chi connectivity index (χ2v) is 11.4. The molecule has 0 radical (unpaired) electrons. The first-order valence-electron chi connectivity index (χ1n) is 12.7. The van der Waals surface area contributed by atoms with Gasteiger partial charge in [-0.05, 0) is 41.5 Å². The molecular weight excluding hydrogens is 546 g/mol. The lowest BCUT2D eigenvalue weighted by atomic mass is 10.0. The summed E-state index contributed by atoms with van der Waals surface area (Å²) in [6, 6.07) is 32.0. The number of halogens is 1. The van der Waals surface area contributed by atoms with Crippen LogP contribution in [-0.4, -0.2) is 44.8 Å². The van der Waals surface area contributed by atoms with Crippen molar-refractivity contribution in [3.63, 3.8) is 0 Å². The van der Waals surface area contributed by atoms with E-state index in [0.717, 1.165) is 15.4 Å². The van der Waals surface area contributed by atoms with Crippen molar-refractivity contribution in [3.05, 3.63) is 131 Å². The van der Waals surface area contributed by atoms with Crippen molar-refractivity contribution in [3.8, 4) is 0 Å². The van der Waals surface area contributed by atoms with Crippen molar-refractivity contribution in [2.75, 3.05) is 17.9 Å². The molecule has 0 bridgehead atoms. The molecule has 40 heavy (non-hydrogen) atoms. The molecule has 0 aliphatic carbocycles. The van der Waals surface area contributed by atoms with Crippen LogP contribution >= 0.6 is 11.6 Å². The Kier molecular flexibility index (Phi) is 9.58. The Bertz CT molecular complexity index is 1530. The van der Waals surface area contributed by atoms with Crippen LogP contribution in [0.4, 0.5) is 5.69 Å². The van der Waals surface area contributed by atoms with Gasteiger partial charge in [-0.1, -0.05) is 96.5 Å². The average molecular weight is 576 g/mol. The molecule has 1 N–H and O–H groups in total. The molecule has 4 aromatic rings. The van der Waals surface area contributed by atoms with E-state index in [9.17, 15) is 18.0 Å². The highest BCUT2D eigenvalue weighted by molar-refractivity contribution is 7.92. The molecule has 1 atom stereocenters. The van der Waals surface area contributed by atoms with Gasteiger partial charge in [0.15, 0.2) is 0 Å². The highest BCUT2D eigenvalue weighted by Gasteiger charge is 2.34. The maximum absolute atomic E-state index is 14.2. The van der Waals surface area contributed by atoms with E-state index in [0.29, 0.717) is 5.02 Å². The van der Waals surface area contributed by atoms with Gasteiger partial charge in [0.25, 0.3) is 10.0 Å². The van der Waals surface area contributed by atoms with Gasteiger partial charge < -0.3 is 10.2 Å². The van der Waals surface area contributed by atoms with Gasteiger partial charge in [0.05, 0.1) is 10.6 Å². The quantitative estimate of drug-likeness (QED) is 0.275. The summed E-state index contributed by atoms with van der Waals surface area (Å²) >= 11 is 6.22. The first-order chi connectivity index (χ1) is 19.3. The van der Waals surface area contributed by atoms with Crippen LogP contribution < -0.4 is 9.62 Å². The fourth-order valence-electron chi connectivity index (χ4n) is 4.38. The van der Waals surface area contributed by atoms with Crippen LogP contribution in [0, 0.1) is 0 Å². The number of rotatable bonds is 11. The third-order valence-corrected chi connectivity index (χ3v) is 8.44. The highest BCUT2D eigenvalue weighted by atomic mass is 35.5. The molecule has 0 fully saturated rings. The summed E-state index contributed by atoms with van der Waals surface area (Å²) < 4.78 is 28.7. The van der Waals surface area contributed by atoms with Gasteiger partial charge in [0, 0.05) is 25.0 Å². The zero-order chi connectivity index (χ0) is 28.5. The third-order valence-electron chi connectivity index (χ3n) is 6.42. The van der Waals surface area contributed by atoms with Crippen molar-refractivity contribution in [2.24, 2.45) is 0 Å². The fourth-order valence-corrected chi connectivity index (χ4v) is 5.99. The van der Waals surface area contributed by atoms with Crippen molar-refractivity contribution in [1.29, 1.82) is 0 Å². The number of amides is 2. The van der Waals surface area contributed by atoms with Gasteiger partial charge in [-0.15, -0.1) is 0 Å². The topological polar surface area (TPSA) is 86.8 Å². The van der Waals surface area contributed by atoms with Gasteiger partial charge in [-0.25, -0.2) is 8.42 Å². The number of carbonyl (C=O) groups is 2. The van der Waals surface area contributed by atoms with Gasteiger partial charge in [-0.2, -0.15) is 0 Å². The third kappa shape index (κ3) is 7.08. The lowest BCUT2D eigenvalue weighted by molar-refractivity contribution is -0.139. The molecule has 206 valence electrons. The summed E-state index contributed by atoms with van der Waals surface area (Å²) in [6.07, 6.45) is 0.252. The number of nitrogens with zero attached hydrogens (tertiary/aromatic N) is 2. The number of hydrogen-bond acceptors (Lipinski definition) is 4. The highest BCUT2D eigenvalue weighted by Crippen LogP contribution is 2.27. The normalized spacial score (nSPS) is 11.8. The van der Waals surface area contributed by atoms with Crippen molar-refractivity contribution in [2.45, 2.75) is 23.9 Å². The standard InChI is InChI=1S/C31H30ClN3O4S/c1-33-31(37)29(20-24-12-5-2-6-13-24)34(22-25-14-7-3-8-15-25)30(36)23-35(27-17-11-16-26(32)21-27)40(38,39)28-18-9-4-10-19-28/h2-19,21,29H,20,22-23H2,1H3,(H,33,37)/t29-/m1/s1. The van der Waals surface area contributed by atoms with Crippen LogP contribution in [0.1, 0.15) is 11.1 Å².